The zero-order valence-corrected chi connectivity index (χ0v) is 10.2. The Morgan fingerprint density at radius 2 is 1.87 bits per heavy atom. The molecule has 1 rings (SSSR count). The molecule has 1 atom stereocenters. The molecule has 1 fully saturated rings. The molecular formula is C11H25N3O. The van der Waals surface area contributed by atoms with Crippen LogP contribution in [0.25, 0.3) is 0 Å². The smallest absolute Gasteiger partial charge is 0.0923 e. The van der Waals surface area contributed by atoms with Crippen molar-refractivity contribution in [2.75, 3.05) is 47.3 Å². The van der Waals surface area contributed by atoms with Gasteiger partial charge in [-0.15, -0.1) is 0 Å². The van der Waals surface area contributed by atoms with Crippen molar-refractivity contribution in [2.24, 2.45) is 11.7 Å². The van der Waals surface area contributed by atoms with E-state index >= 15 is 0 Å². The number of hydrogen-bond donors (Lipinski definition) is 2. The molecule has 0 spiro atoms. The van der Waals surface area contributed by atoms with Crippen molar-refractivity contribution in [3.63, 3.8) is 0 Å². The van der Waals surface area contributed by atoms with Crippen LogP contribution in [0, 0.1) is 5.92 Å². The van der Waals surface area contributed by atoms with Crippen LogP contribution in [0.15, 0.2) is 0 Å². The molecule has 4 nitrogen and oxygen atoms in total. The van der Waals surface area contributed by atoms with Crippen LogP contribution in [0.5, 0.6) is 0 Å². The van der Waals surface area contributed by atoms with Crippen molar-refractivity contribution >= 4 is 0 Å². The van der Waals surface area contributed by atoms with Gasteiger partial charge in [-0.3, -0.25) is 0 Å². The van der Waals surface area contributed by atoms with Crippen LogP contribution in [0.3, 0.4) is 0 Å². The summed E-state index contributed by atoms with van der Waals surface area (Å²) in [6, 6.07) is 0. The monoisotopic (exact) mass is 215 g/mol. The van der Waals surface area contributed by atoms with Gasteiger partial charge in [0.2, 0.25) is 0 Å². The fourth-order valence-corrected chi connectivity index (χ4v) is 1.90. The van der Waals surface area contributed by atoms with Crippen molar-refractivity contribution in [1.29, 1.82) is 0 Å². The van der Waals surface area contributed by atoms with Crippen LogP contribution in [0.4, 0.5) is 0 Å². The summed E-state index contributed by atoms with van der Waals surface area (Å²) in [7, 11) is 6.17. The predicted octanol–water partition coefficient (Wildman–Crippen LogP) is -0.420. The van der Waals surface area contributed by atoms with Crippen LogP contribution in [0.2, 0.25) is 0 Å². The summed E-state index contributed by atoms with van der Waals surface area (Å²) in [5, 5.41) is 10.3. The fraction of sp³-hybridized carbons (Fsp3) is 1.00. The Labute approximate surface area is 93.0 Å². The van der Waals surface area contributed by atoms with E-state index in [0.717, 1.165) is 25.9 Å². The van der Waals surface area contributed by atoms with Crippen LogP contribution in [-0.4, -0.2) is 67.8 Å². The largest absolute Gasteiger partial charge is 0.387 e. The SMILES string of the molecule is CN(C)CCN(C)CC(O)(CN)C1CC1. The minimum atomic E-state index is -0.652. The number of rotatable bonds is 7. The number of hydrogen-bond acceptors (Lipinski definition) is 4. The molecule has 4 heteroatoms. The molecule has 1 saturated carbocycles. The molecule has 0 saturated heterocycles. The first-order chi connectivity index (χ1) is 6.98. The molecule has 0 amide bonds. The first-order valence-electron chi connectivity index (χ1n) is 5.73. The van der Waals surface area contributed by atoms with E-state index in [1.807, 2.05) is 7.05 Å². The van der Waals surface area contributed by atoms with Gasteiger partial charge in [0.25, 0.3) is 0 Å². The molecule has 1 unspecified atom stereocenters. The van der Waals surface area contributed by atoms with Crippen LogP contribution >= 0.6 is 0 Å². The maximum Gasteiger partial charge on any atom is 0.0923 e. The molecule has 0 bridgehead atoms. The molecule has 0 heterocycles. The molecule has 15 heavy (non-hydrogen) atoms. The van der Waals surface area contributed by atoms with Gasteiger partial charge in [0.05, 0.1) is 5.60 Å². The second-order valence-electron chi connectivity index (χ2n) is 5.12. The van der Waals surface area contributed by atoms with E-state index in [-0.39, 0.29) is 0 Å². The average molecular weight is 215 g/mol. The van der Waals surface area contributed by atoms with Gasteiger partial charge in [0, 0.05) is 26.2 Å². The van der Waals surface area contributed by atoms with Gasteiger partial charge in [0.15, 0.2) is 0 Å². The minimum absolute atomic E-state index is 0.379. The maximum absolute atomic E-state index is 10.3. The van der Waals surface area contributed by atoms with E-state index in [1.165, 1.54) is 0 Å². The Hall–Kier alpha value is -0.160. The Morgan fingerprint density at radius 1 is 1.27 bits per heavy atom. The lowest BCUT2D eigenvalue weighted by atomic mass is 9.97. The molecule has 0 radical (unpaired) electrons. The summed E-state index contributed by atoms with van der Waals surface area (Å²) in [6.45, 7) is 3.07. The molecule has 0 aromatic heterocycles. The lowest BCUT2D eigenvalue weighted by Crippen LogP contribution is -2.50. The number of aliphatic hydroxyl groups is 1. The van der Waals surface area contributed by atoms with Gasteiger partial charge in [-0.1, -0.05) is 0 Å². The lowest BCUT2D eigenvalue weighted by molar-refractivity contribution is -0.00295. The molecule has 90 valence electrons. The summed E-state index contributed by atoms with van der Waals surface area (Å²) in [5.74, 6) is 0.435. The summed E-state index contributed by atoms with van der Waals surface area (Å²) in [5.41, 5.74) is 5.01. The predicted molar refractivity (Wildman–Crippen MR) is 62.8 cm³/mol. The second kappa shape index (κ2) is 5.25. The third-order valence-electron chi connectivity index (χ3n) is 3.16. The highest BCUT2D eigenvalue weighted by molar-refractivity contribution is 4.97. The Morgan fingerprint density at radius 3 is 2.27 bits per heavy atom. The van der Waals surface area contributed by atoms with E-state index in [0.29, 0.717) is 19.0 Å². The van der Waals surface area contributed by atoms with Gasteiger partial charge >= 0.3 is 0 Å². The summed E-state index contributed by atoms with van der Waals surface area (Å²) < 4.78 is 0. The Kier molecular flexibility index (Phi) is 4.52. The zero-order chi connectivity index (χ0) is 11.5. The number of nitrogens with two attached hydrogens (primary N) is 1. The van der Waals surface area contributed by atoms with Gasteiger partial charge < -0.3 is 20.6 Å². The van der Waals surface area contributed by atoms with Crippen molar-refractivity contribution in [2.45, 2.75) is 18.4 Å². The molecule has 0 aromatic rings. The molecular weight excluding hydrogens is 190 g/mol. The van der Waals surface area contributed by atoms with Crippen molar-refractivity contribution in [3.8, 4) is 0 Å². The fourth-order valence-electron chi connectivity index (χ4n) is 1.90. The summed E-state index contributed by atoms with van der Waals surface area (Å²) in [4.78, 5) is 4.32. The van der Waals surface area contributed by atoms with Gasteiger partial charge in [-0.25, -0.2) is 0 Å². The first kappa shape index (κ1) is 12.9. The van der Waals surface area contributed by atoms with Crippen LogP contribution in [0.1, 0.15) is 12.8 Å². The van der Waals surface area contributed by atoms with Crippen molar-refractivity contribution in [1.82, 2.24) is 9.80 Å². The Balaban J connectivity index is 2.31. The van der Waals surface area contributed by atoms with Gasteiger partial charge in [-0.2, -0.15) is 0 Å². The van der Waals surface area contributed by atoms with E-state index in [2.05, 4.69) is 23.9 Å². The second-order valence-corrected chi connectivity index (χ2v) is 5.12. The molecule has 0 aliphatic heterocycles. The lowest BCUT2D eigenvalue weighted by Gasteiger charge is -2.32. The number of nitrogens with zero attached hydrogens (tertiary/aromatic N) is 2. The van der Waals surface area contributed by atoms with Gasteiger partial charge in [-0.05, 0) is 39.9 Å². The molecule has 1 aliphatic rings. The van der Waals surface area contributed by atoms with Gasteiger partial charge in [0.1, 0.15) is 0 Å². The zero-order valence-electron chi connectivity index (χ0n) is 10.2. The highest BCUT2D eigenvalue weighted by atomic mass is 16.3. The highest BCUT2D eigenvalue weighted by Crippen LogP contribution is 2.39. The van der Waals surface area contributed by atoms with Crippen molar-refractivity contribution < 1.29 is 5.11 Å². The third kappa shape index (κ3) is 4.07. The third-order valence-corrected chi connectivity index (χ3v) is 3.16. The quantitative estimate of drug-likeness (QED) is 0.606. The van der Waals surface area contributed by atoms with E-state index < -0.39 is 5.60 Å². The summed E-state index contributed by atoms with van der Waals surface area (Å²) in [6.07, 6.45) is 2.27. The van der Waals surface area contributed by atoms with E-state index in [9.17, 15) is 5.11 Å². The molecule has 0 aromatic carbocycles. The van der Waals surface area contributed by atoms with Crippen LogP contribution in [-0.2, 0) is 0 Å². The summed E-state index contributed by atoms with van der Waals surface area (Å²) >= 11 is 0. The average Bonchev–Trinajstić information content (AvgIpc) is 2.97. The highest BCUT2D eigenvalue weighted by Gasteiger charge is 2.43. The molecule has 3 N–H and O–H groups in total. The maximum atomic E-state index is 10.3. The van der Waals surface area contributed by atoms with Crippen molar-refractivity contribution in [3.05, 3.63) is 0 Å². The topological polar surface area (TPSA) is 52.7 Å². The van der Waals surface area contributed by atoms with E-state index in [4.69, 9.17) is 5.73 Å². The minimum Gasteiger partial charge on any atom is -0.387 e. The molecule has 1 aliphatic carbocycles. The van der Waals surface area contributed by atoms with Crippen LogP contribution < -0.4 is 5.73 Å². The Bertz CT molecular complexity index is 194. The number of likely N-dealkylation sites (N-methyl/N-ethyl adjacent to an activating group) is 2. The van der Waals surface area contributed by atoms with E-state index in [1.54, 1.807) is 0 Å². The normalized spacial score (nSPS) is 21.0. The first-order valence-corrected chi connectivity index (χ1v) is 5.73. The standard InChI is InChI=1S/C11H25N3O/c1-13(2)6-7-14(3)9-11(15,8-12)10-4-5-10/h10,15H,4-9,12H2,1-3H3.